The molecular weight excluding hydrogens is 368 g/mol. The highest BCUT2D eigenvalue weighted by Crippen LogP contribution is 2.16. The van der Waals surface area contributed by atoms with Gasteiger partial charge in [-0.2, -0.15) is 5.10 Å². The molecule has 1 aromatic heterocycles. The number of benzene rings is 2. The predicted octanol–water partition coefficient (Wildman–Crippen LogP) is 4.66. The minimum atomic E-state index is 1.01. The van der Waals surface area contributed by atoms with Crippen molar-refractivity contribution < 1.29 is 0 Å². The van der Waals surface area contributed by atoms with Crippen molar-refractivity contribution >= 4 is 5.69 Å². The van der Waals surface area contributed by atoms with E-state index in [1.165, 1.54) is 49.4 Å². The lowest BCUT2D eigenvalue weighted by atomic mass is 10.1. The van der Waals surface area contributed by atoms with E-state index >= 15 is 0 Å². The fraction of sp³-hybridized carbons (Fsp3) is 0.423. The van der Waals surface area contributed by atoms with Gasteiger partial charge in [0.05, 0.1) is 0 Å². The molecule has 0 radical (unpaired) electrons. The number of para-hydroxylation sites is 1. The summed E-state index contributed by atoms with van der Waals surface area (Å²) in [4.78, 5) is 5.13. The number of unbranched alkanes of at least 4 members (excludes halogenated alkanes) is 1. The quantitative estimate of drug-likeness (QED) is 0.461. The lowest BCUT2D eigenvalue weighted by Crippen LogP contribution is -2.46. The Bertz CT molecular complexity index is 851. The van der Waals surface area contributed by atoms with E-state index in [0.29, 0.717) is 0 Å². The second-order valence-electron chi connectivity index (χ2n) is 8.26. The van der Waals surface area contributed by atoms with E-state index in [-0.39, 0.29) is 0 Å². The molecule has 0 aliphatic carbocycles. The van der Waals surface area contributed by atoms with Gasteiger partial charge in [-0.25, -0.2) is 0 Å². The van der Waals surface area contributed by atoms with Gasteiger partial charge < -0.3 is 4.90 Å². The molecule has 158 valence electrons. The summed E-state index contributed by atoms with van der Waals surface area (Å²) >= 11 is 0. The highest BCUT2D eigenvalue weighted by molar-refractivity contribution is 5.46. The Morgan fingerprint density at radius 1 is 0.667 bits per heavy atom. The van der Waals surface area contributed by atoms with Crippen LogP contribution in [0.4, 0.5) is 5.69 Å². The summed E-state index contributed by atoms with van der Waals surface area (Å²) in [7, 11) is 0. The first kappa shape index (κ1) is 20.7. The molecule has 2 aromatic carbocycles. The second kappa shape index (κ2) is 11.0. The highest BCUT2D eigenvalue weighted by atomic mass is 15.3. The Hall–Kier alpha value is -2.59. The summed E-state index contributed by atoms with van der Waals surface area (Å²) in [5, 5.41) is 4.55. The van der Waals surface area contributed by atoms with Gasteiger partial charge >= 0.3 is 0 Å². The molecule has 0 saturated carbocycles. The van der Waals surface area contributed by atoms with Crippen LogP contribution in [0.5, 0.6) is 0 Å². The maximum Gasteiger partial charge on any atom is 0.0492 e. The zero-order valence-corrected chi connectivity index (χ0v) is 18.0. The van der Waals surface area contributed by atoms with Gasteiger partial charge in [0.15, 0.2) is 0 Å². The summed E-state index contributed by atoms with van der Waals surface area (Å²) < 4.78 is 2.21. The number of rotatable bonds is 10. The van der Waals surface area contributed by atoms with Crippen LogP contribution >= 0.6 is 0 Å². The van der Waals surface area contributed by atoms with E-state index in [1.807, 2.05) is 6.20 Å². The van der Waals surface area contributed by atoms with Crippen molar-refractivity contribution in [3.8, 4) is 0 Å². The largest absolute Gasteiger partial charge is 0.369 e. The zero-order valence-electron chi connectivity index (χ0n) is 18.0. The minimum absolute atomic E-state index is 1.01. The van der Waals surface area contributed by atoms with E-state index in [2.05, 4.69) is 86.3 Å². The maximum absolute atomic E-state index is 4.55. The zero-order chi connectivity index (χ0) is 20.4. The molecule has 1 saturated heterocycles. The van der Waals surface area contributed by atoms with Crippen LogP contribution in [0, 0.1) is 0 Å². The van der Waals surface area contributed by atoms with Gasteiger partial charge in [-0.05, 0) is 62.4 Å². The van der Waals surface area contributed by atoms with Gasteiger partial charge in [0.25, 0.3) is 0 Å². The molecule has 0 atom stereocenters. The van der Waals surface area contributed by atoms with Crippen molar-refractivity contribution in [1.82, 2.24) is 14.7 Å². The Kier molecular flexibility index (Phi) is 7.57. The summed E-state index contributed by atoms with van der Waals surface area (Å²) in [6, 6.07) is 23.7. The van der Waals surface area contributed by atoms with Gasteiger partial charge in [-0.1, -0.05) is 48.5 Å². The molecule has 4 nitrogen and oxygen atoms in total. The Morgan fingerprint density at radius 3 is 2.17 bits per heavy atom. The summed E-state index contributed by atoms with van der Waals surface area (Å²) in [5.74, 6) is 0. The van der Waals surface area contributed by atoms with Crippen LogP contribution in [0.1, 0.15) is 30.5 Å². The van der Waals surface area contributed by atoms with Crippen molar-refractivity contribution in [1.29, 1.82) is 0 Å². The third-order valence-electron chi connectivity index (χ3n) is 6.13. The van der Waals surface area contributed by atoms with E-state index in [9.17, 15) is 0 Å². The molecule has 2 heterocycles. The second-order valence-corrected chi connectivity index (χ2v) is 8.26. The van der Waals surface area contributed by atoms with Crippen LogP contribution in [-0.2, 0) is 19.4 Å². The minimum Gasteiger partial charge on any atom is -0.369 e. The fourth-order valence-corrected chi connectivity index (χ4v) is 4.36. The molecule has 4 heteroatoms. The summed E-state index contributed by atoms with van der Waals surface area (Å²) in [6.07, 6.45) is 7.86. The van der Waals surface area contributed by atoms with Crippen molar-refractivity contribution in [2.75, 3.05) is 37.6 Å². The third kappa shape index (κ3) is 5.96. The van der Waals surface area contributed by atoms with Crippen LogP contribution in [0.2, 0.25) is 0 Å². The standard InChI is InChI=1S/C26H34N4/c1-3-10-24(11-4-1)12-9-19-30-26(16-17-27-30)15-7-8-18-28-20-22-29(23-21-28)25-13-5-2-6-14-25/h1-6,10-11,13-14,16-17H,7-9,12,15,18-23H2. The Labute approximate surface area is 181 Å². The Morgan fingerprint density at radius 2 is 1.40 bits per heavy atom. The van der Waals surface area contributed by atoms with Gasteiger partial charge in [-0.15, -0.1) is 0 Å². The van der Waals surface area contributed by atoms with Crippen molar-refractivity contribution in [3.63, 3.8) is 0 Å². The van der Waals surface area contributed by atoms with E-state index in [4.69, 9.17) is 0 Å². The highest BCUT2D eigenvalue weighted by Gasteiger charge is 2.16. The van der Waals surface area contributed by atoms with Gasteiger partial charge in [0, 0.05) is 50.3 Å². The number of aryl methyl sites for hydroxylation is 3. The average molecular weight is 403 g/mol. The molecule has 1 fully saturated rings. The van der Waals surface area contributed by atoms with E-state index < -0.39 is 0 Å². The average Bonchev–Trinajstić information content (AvgIpc) is 3.26. The smallest absolute Gasteiger partial charge is 0.0492 e. The molecule has 0 bridgehead atoms. The van der Waals surface area contributed by atoms with Crippen LogP contribution in [0.25, 0.3) is 0 Å². The van der Waals surface area contributed by atoms with E-state index in [1.54, 1.807) is 0 Å². The number of hydrogen-bond acceptors (Lipinski definition) is 3. The maximum atomic E-state index is 4.55. The number of hydrogen-bond donors (Lipinski definition) is 0. The summed E-state index contributed by atoms with van der Waals surface area (Å²) in [6.45, 7) is 6.85. The molecule has 0 N–H and O–H groups in total. The van der Waals surface area contributed by atoms with Gasteiger partial charge in [0.1, 0.15) is 0 Å². The number of aromatic nitrogens is 2. The van der Waals surface area contributed by atoms with Gasteiger partial charge in [-0.3, -0.25) is 9.58 Å². The first-order valence-electron chi connectivity index (χ1n) is 11.5. The third-order valence-corrected chi connectivity index (χ3v) is 6.13. The van der Waals surface area contributed by atoms with Crippen molar-refractivity contribution in [3.05, 3.63) is 84.2 Å². The SMILES string of the molecule is c1ccc(CCCn2nccc2CCCCN2CCN(c3ccccc3)CC2)cc1. The molecule has 3 aromatic rings. The van der Waals surface area contributed by atoms with E-state index in [0.717, 1.165) is 38.9 Å². The first-order chi connectivity index (χ1) is 14.9. The van der Waals surface area contributed by atoms with Crippen LogP contribution in [0.3, 0.4) is 0 Å². The topological polar surface area (TPSA) is 24.3 Å². The van der Waals surface area contributed by atoms with Gasteiger partial charge in [0.2, 0.25) is 0 Å². The molecule has 0 unspecified atom stereocenters. The fourth-order valence-electron chi connectivity index (χ4n) is 4.36. The number of piperazine rings is 1. The molecule has 0 spiro atoms. The first-order valence-corrected chi connectivity index (χ1v) is 11.5. The molecule has 4 rings (SSSR count). The molecule has 30 heavy (non-hydrogen) atoms. The predicted molar refractivity (Wildman–Crippen MR) is 125 cm³/mol. The lowest BCUT2D eigenvalue weighted by molar-refractivity contribution is 0.253. The number of anilines is 1. The normalized spacial score (nSPS) is 14.9. The Balaban J connectivity index is 1.12. The van der Waals surface area contributed by atoms with Crippen LogP contribution < -0.4 is 4.90 Å². The molecule has 0 amide bonds. The molecule has 1 aliphatic heterocycles. The lowest BCUT2D eigenvalue weighted by Gasteiger charge is -2.36. The van der Waals surface area contributed by atoms with Crippen LogP contribution in [0.15, 0.2) is 72.9 Å². The molecule has 1 aliphatic rings. The van der Waals surface area contributed by atoms with Crippen molar-refractivity contribution in [2.24, 2.45) is 0 Å². The monoisotopic (exact) mass is 402 g/mol. The summed E-state index contributed by atoms with van der Waals surface area (Å²) in [5.41, 5.74) is 4.16. The van der Waals surface area contributed by atoms with Crippen molar-refractivity contribution in [2.45, 2.75) is 38.6 Å². The molecular formula is C26H34N4. The number of nitrogens with zero attached hydrogens (tertiary/aromatic N) is 4. The van der Waals surface area contributed by atoms with Crippen LogP contribution in [-0.4, -0.2) is 47.4 Å².